The monoisotopic (exact) mass is 424 g/mol. The van der Waals surface area contributed by atoms with Crippen LogP contribution >= 0.6 is 0 Å². The van der Waals surface area contributed by atoms with Gasteiger partial charge in [0.2, 0.25) is 15.9 Å². The number of halogens is 2. The van der Waals surface area contributed by atoms with Gasteiger partial charge in [0.05, 0.1) is 5.75 Å². The number of hydrogen-bond acceptors (Lipinski definition) is 4. The van der Waals surface area contributed by atoms with Gasteiger partial charge in [-0.2, -0.15) is 8.78 Å². The van der Waals surface area contributed by atoms with Gasteiger partial charge in [0, 0.05) is 37.2 Å². The molecule has 1 N–H and O–H groups in total. The van der Waals surface area contributed by atoms with Crippen molar-refractivity contribution in [3.05, 3.63) is 59.7 Å². The zero-order valence-electron chi connectivity index (χ0n) is 15.7. The molecule has 0 spiro atoms. The van der Waals surface area contributed by atoms with Gasteiger partial charge in [-0.3, -0.25) is 4.79 Å². The van der Waals surface area contributed by atoms with Gasteiger partial charge >= 0.3 is 6.61 Å². The van der Waals surface area contributed by atoms with Gasteiger partial charge in [0.15, 0.2) is 0 Å². The Labute approximate surface area is 168 Å². The third-order valence-electron chi connectivity index (χ3n) is 4.59. The summed E-state index contributed by atoms with van der Waals surface area (Å²) < 4.78 is 54.9. The number of ether oxygens (including phenoxy) is 1. The SMILES string of the molecule is O=C(CCN1CCCS1(=O)=O)Nc1ccc(OC(F)F)c(Cc2ccccc2)c1. The van der Waals surface area contributed by atoms with E-state index in [2.05, 4.69) is 10.1 Å². The summed E-state index contributed by atoms with van der Waals surface area (Å²) in [5.74, 6) is -0.186. The molecule has 0 aliphatic carbocycles. The van der Waals surface area contributed by atoms with Crippen molar-refractivity contribution in [2.24, 2.45) is 0 Å². The first-order valence-electron chi connectivity index (χ1n) is 9.23. The molecule has 1 amide bonds. The lowest BCUT2D eigenvalue weighted by molar-refractivity contribution is -0.116. The Balaban J connectivity index is 1.68. The lowest BCUT2D eigenvalue weighted by Crippen LogP contribution is -2.29. The highest BCUT2D eigenvalue weighted by Crippen LogP contribution is 2.27. The second-order valence-electron chi connectivity index (χ2n) is 6.73. The smallest absolute Gasteiger partial charge is 0.387 e. The van der Waals surface area contributed by atoms with Gasteiger partial charge in [-0.1, -0.05) is 30.3 Å². The van der Waals surface area contributed by atoms with Crippen LogP contribution in [0, 0.1) is 0 Å². The van der Waals surface area contributed by atoms with E-state index in [0.29, 0.717) is 30.6 Å². The van der Waals surface area contributed by atoms with Crippen LogP contribution in [0.4, 0.5) is 14.5 Å². The Morgan fingerprint density at radius 3 is 2.59 bits per heavy atom. The average Bonchev–Trinajstić information content (AvgIpc) is 3.01. The van der Waals surface area contributed by atoms with Crippen molar-refractivity contribution in [3.8, 4) is 5.75 Å². The molecule has 0 unspecified atom stereocenters. The predicted octanol–water partition coefficient (Wildman–Crippen LogP) is 3.24. The summed E-state index contributed by atoms with van der Waals surface area (Å²) in [7, 11) is -3.25. The first-order chi connectivity index (χ1) is 13.8. The number of amides is 1. The molecule has 156 valence electrons. The predicted molar refractivity (Wildman–Crippen MR) is 106 cm³/mol. The summed E-state index contributed by atoms with van der Waals surface area (Å²) in [6, 6.07) is 13.8. The molecular weight excluding hydrogens is 402 g/mol. The fourth-order valence-electron chi connectivity index (χ4n) is 3.21. The molecule has 2 aromatic carbocycles. The van der Waals surface area contributed by atoms with E-state index in [4.69, 9.17) is 0 Å². The summed E-state index contributed by atoms with van der Waals surface area (Å²) in [5.41, 5.74) is 1.86. The van der Waals surface area contributed by atoms with Gasteiger partial charge in [0.1, 0.15) is 5.75 Å². The second kappa shape index (κ2) is 9.32. The van der Waals surface area contributed by atoms with Crippen molar-refractivity contribution >= 4 is 21.6 Å². The molecule has 1 heterocycles. The Kier molecular flexibility index (Phi) is 6.81. The molecule has 9 heteroatoms. The van der Waals surface area contributed by atoms with Crippen molar-refractivity contribution in [1.29, 1.82) is 0 Å². The van der Waals surface area contributed by atoms with Gasteiger partial charge in [-0.15, -0.1) is 0 Å². The van der Waals surface area contributed by atoms with Gasteiger partial charge in [-0.05, 0) is 30.2 Å². The van der Waals surface area contributed by atoms with E-state index >= 15 is 0 Å². The van der Waals surface area contributed by atoms with E-state index < -0.39 is 16.6 Å². The molecule has 0 bridgehead atoms. The van der Waals surface area contributed by atoms with Crippen molar-refractivity contribution in [1.82, 2.24) is 4.31 Å². The number of nitrogens with one attached hydrogen (secondary N) is 1. The van der Waals surface area contributed by atoms with Crippen LogP contribution in [-0.4, -0.2) is 44.1 Å². The maximum atomic E-state index is 12.7. The highest BCUT2D eigenvalue weighted by Gasteiger charge is 2.28. The maximum Gasteiger partial charge on any atom is 0.387 e. The molecule has 3 rings (SSSR count). The molecule has 1 saturated heterocycles. The number of carbonyl (C=O) groups excluding carboxylic acids is 1. The van der Waals surface area contributed by atoms with Crippen molar-refractivity contribution < 1.29 is 26.7 Å². The molecule has 1 fully saturated rings. The minimum absolute atomic E-state index is 0.0164. The number of sulfonamides is 1. The number of benzene rings is 2. The van der Waals surface area contributed by atoms with Crippen LogP contribution in [-0.2, 0) is 21.2 Å². The Morgan fingerprint density at radius 2 is 1.93 bits per heavy atom. The largest absolute Gasteiger partial charge is 0.435 e. The Morgan fingerprint density at radius 1 is 1.17 bits per heavy atom. The number of alkyl halides is 2. The van der Waals surface area contributed by atoms with E-state index in [1.165, 1.54) is 16.4 Å². The quantitative estimate of drug-likeness (QED) is 0.706. The average molecular weight is 424 g/mol. The van der Waals surface area contributed by atoms with E-state index in [1.807, 2.05) is 30.3 Å². The Bertz CT molecular complexity index is 952. The van der Waals surface area contributed by atoms with Crippen LogP contribution in [0.25, 0.3) is 0 Å². The maximum absolute atomic E-state index is 12.7. The molecule has 6 nitrogen and oxygen atoms in total. The molecule has 29 heavy (non-hydrogen) atoms. The topological polar surface area (TPSA) is 75.7 Å². The third kappa shape index (κ3) is 5.98. The number of nitrogens with zero attached hydrogens (tertiary/aromatic N) is 1. The summed E-state index contributed by atoms with van der Waals surface area (Å²) in [4.78, 5) is 12.2. The number of carbonyl (C=O) groups is 1. The first kappa shape index (κ1) is 21.2. The molecule has 0 atom stereocenters. The minimum atomic E-state index is -3.25. The van der Waals surface area contributed by atoms with Gasteiger partial charge in [-0.25, -0.2) is 12.7 Å². The summed E-state index contributed by atoms with van der Waals surface area (Å²) in [5, 5.41) is 2.70. The van der Waals surface area contributed by atoms with E-state index in [-0.39, 0.29) is 30.4 Å². The van der Waals surface area contributed by atoms with E-state index in [0.717, 1.165) is 5.56 Å². The third-order valence-corrected chi connectivity index (χ3v) is 6.55. The van der Waals surface area contributed by atoms with Crippen molar-refractivity contribution in [3.63, 3.8) is 0 Å². The number of hydrogen-bond donors (Lipinski definition) is 1. The lowest BCUT2D eigenvalue weighted by atomic mass is 10.0. The standard InChI is InChI=1S/C20H22F2N2O4S/c21-20(22)28-18-8-7-17(14-16(18)13-15-5-2-1-3-6-15)23-19(25)9-11-24-10-4-12-29(24,26)27/h1-3,5-8,14,20H,4,9-13H2,(H,23,25). The van der Waals surface area contributed by atoms with E-state index in [9.17, 15) is 22.0 Å². The summed E-state index contributed by atoms with van der Waals surface area (Å²) in [6.07, 6.45) is 0.944. The van der Waals surface area contributed by atoms with Crippen LogP contribution < -0.4 is 10.1 Å². The second-order valence-corrected chi connectivity index (χ2v) is 8.82. The molecule has 0 radical (unpaired) electrons. The highest BCUT2D eigenvalue weighted by molar-refractivity contribution is 7.89. The van der Waals surface area contributed by atoms with E-state index in [1.54, 1.807) is 6.07 Å². The molecule has 0 saturated carbocycles. The van der Waals surface area contributed by atoms with Gasteiger partial charge in [0.25, 0.3) is 0 Å². The van der Waals surface area contributed by atoms with Crippen molar-refractivity contribution in [2.75, 3.05) is 24.2 Å². The minimum Gasteiger partial charge on any atom is -0.435 e. The number of anilines is 1. The first-order valence-corrected chi connectivity index (χ1v) is 10.8. The van der Waals surface area contributed by atoms with Crippen LogP contribution in [0.15, 0.2) is 48.5 Å². The molecule has 0 aromatic heterocycles. The molecular formula is C20H22F2N2O4S. The normalized spacial score (nSPS) is 16.1. The summed E-state index contributed by atoms with van der Waals surface area (Å²) >= 11 is 0. The fraction of sp³-hybridized carbons (Fsp3) is 0.350. The van der Waals surface area contributed by atoms with Crippen molar-refractivity contribution in [2.45, 2.75) is 25.9 Å². The molecule has 1 aliphatic heterocycles. The fourth-order valence-corrected chi connectivity index (χ4v) is 4.74. The zero-order chi connectivity index (χ0) is 20.9. The summed E-state index contributed by atoms with van der Waals surface area (Å²) in [6.45, 7) is -2.40. The highest BCUT2D eigenvalue weighted by atomic mass is 32.2. The number of rotatable bonds is 8. The van der Waals surface area contributed by atoms with Gasteiger partial charge < -0.3 is 10.1 Å². The van der Waals surface area contributed by atoms with Crippen LogP contribution in [0.3, 0.4) is 0 Å². The zero-order valence-corrected chi connectivity index (χ0v) is 16.5. The van der Waals surface area contributed by atoms with Crippen LogP contribution in [0.2, 0.25) is 0 Å². The lowest BCUT2D eigenvalue weighted by Gasteiger charge is -2.15. The Hall–Kier alpha value is -2.52. The molecule has 2 aromatic rings. The van der Waals surface area contributed by atoms with Crippen LogP contribution in [0.5, 0.6) is 5.75 Å². The molecule has 1 aliphatic rings. The van der Waals surface area contributed by atoms with Crippen LogP contribution in [0.1, 0.15) is 24.0 Å².